The molecule has 0 aromatic rings. The van der Waals surface area contributed by atoms with Crippen molar-refractivity contribution in [2.75, 3.05) is 13.1 Å². The highest BCUT2D eigenvalue weighted by Gasteiger charge is 2.18. The Labute approximate surface area is 53.4 Å². The second kappa shape index (κ2) is 2.92. The van der Waals surface area contributed by atoms with Gasteiger partial charge in [-0.15, -0.1) is 0 Å². The maximum Gasteiger partial charge on any atom is 0.180 e. The van der Waals surface area contributed by atoms with Gasteiger partial charge in [-0.25, -0.2) is 4.39 Å². The molecular weight excluding hydrogens is 121 g/mol. The Morgan fingerprint density at radius 2 is 2.44 bits per heavy atom. The molecular formula is C6H10FNO. The Balaban J connectivity index is 2.41. The van der Waals surface area contributed by atoms with E-state index in [1.165, 1.54) is 0 Å². The van der Waals surface area contributed by atoms with Crippen LogP contribution in [0.25, 0.3) is 0 Å². The molecule has 0 aliphatic carbocycles. The van der Waals surface area contributed by atoms with Crippen molar-refractivity contribution in [2.45, 2.75) is 19.0 Å². The first-order chi connectivity index (χ1) is 4.30. The summed E-state index contributed by atoms with van der Waals surface area (Å²) in [5.74, 6) is -0.299. The van der Waals surface area contributed by atoms with Gasteiger partial charge in [0.25, 0.3) is 0 Å². The van der Waals surface area contributed by atoms with Gasteiger partial charge in [0.1, 0.15) is 0 Å². The van der Waals surface area contributed by atoms with Crippen LogP contribution in [0.1, 0.15) is 12.8 Å². The van der Waals surface area contributed by atoms with Gasteiger partial charge in [-0.2, -0.15) is 0 Å². The van der Waals surface area contributed by atoms with Gasteiger partial charge in [0.2, 0.25) is 0 Å². The highest BCUT2D eigenvalue weighted by molar-refractivity contribution is 5.85. The van der Waals surface area contributed by atoms with Gasteiger partial charge < -0.3 is 5.32 Å². The van der Waals surface area contributed by atoms with Crippen molar-refractivity contribution in [3.05, 3.63) is 0 Å². The van der Waals surface area contributed by atoms with Crippen molar-refractivity contribution in [1.82, 2.24) is 5.32 Å². The fourth-order valence-electron chi connectivity index (χ4n) is 0.890. The van der Waals surface area contributed by atoms with Crippen LogP contribution in [-0.2, 0) is 4.79 Å². The lowest BCUT2D eigenvalue weighted by Gasteiger charge is -1.97. The summed E-state index contributed by atoms with van der Waals surface area (Å²) >= 11 is 0. The van der Waals surface area contributed by atoms with Crippen molar-refractivity contribution >= 4 is 5.78 Å². The molecule has 1 aliphatic heterocycles. The molecule has 1 atom stereocenters. The number of Topliss-reactive ketones (excluding diaryl/α,β-unsaturated/α-hetero) is 1. The third kappa shape index (κ3) is 1.75. The summed E-state index contributed by atoms with van der Waals surface area (Å²) in [4.78, 5) is 10.6. The molecule has 0 unspecified atom stereocenters. The zero-order valence-electron chi connectivity index (χ0n) is 5.19. The molecule has 2 nitrogen and oxygen atoms in total. The van der Waals surface area contributed by atoms with Gasteiger partial charge in [0.05, 0.1) is 6.54 Å². The van der Waals surface area contributed by atoms with E-state index in [9.17, 15) is 9.18 Å². The van der Waals surface area contributed by atoms with Gasteiger partial charge in [-0.1, -0.05) is 0 Å². The third-order valence-corrected chi connectivity index (χ3v) is 1.46. The molecule has 1 saturated heterocycles. The quantitative estimate of drug-likeness (QED) is 0.511. The number of halogens is 1. The Morgan fingerprint density at radius 3 is 3.22 bits per heavy atom. The van der Waals surface area contributed by atoms with Gasteiger partial charge in [0.15, 0.2) is 12.0 Å². The Bertz CT molecular complexity index is 116. The molecule has 0 saturated carbocycles. The lowest BCUT2D eigenvalue weighted by atomic mass is 10.2. The summed E-state index contributed by atoms with van der Waals surface area (Å²) in [5.41, 5.74) is 0. The first-order valence-corrected chi connectivity index (χ1v) is 3.18. The topological polar surface area (TPSA) is 29.1 Å². The van der Waals surface area contributed by atoms with Crippen LogP contribution in [0.5, 0.6) is 0 Å². The van der Waals surface area contributed by atoms with E-state index in [1.807, 2.05) is 0 Å². The third-order valence-electron chi connectivity index (χ3n) is 1.46. The number of hydrogen-bond donors (Lipinski definition) is 1. The lowest BCUT2D eigenvalue weighted by molar-refractivity contribution is -0.122. The molecule has 0 bridgehead atoms. The maximum atomic E-state index is 12.4. The van der Waals surface area contributed by atoms with Crippen LogP contribution in [0.2, 0.25) is 0 Å². The molecule has 9 heavy (non-hydrogen) atoms. The van der Waals surface area contributed by atoms with E-state index < -0.39 is 6.17 Å². The standard InChI is InChI=1S/C6H10FNO/c7-5-2-1-3-8-4-6(5)9/h5,8H,1-4H2/t5-/m1/s1. The van der Waals surface area contributed by atoms with Crippen LogP contribution in [0.15, 0.2) is 0 Å². The zero-order chi connectivity index (χ0) is 6.69. The Kier molecular flexibility index (Phi) is 2.16. The number of carbonyl (C=O) groups excluding carboxylic acids is 1. The summed E-state index contributed by atoms with van der Waals surface area (Å²) in [7, 11) is 0. The minimum Gasteiger partial charge on any atom is -0.310 e. The highest BCUT2D eigenvalue weighted by Crippen LogP contribution is 2.04. The fourth-order valence-corrected chi connectivity index (χ4v) is 0.890. The number of nitrogens with one attached hydrogen (secondary N) is 1. The molecule has 0 aromatic carbocycles. The summed E-state index contributed by atoms with van der Waals surface area (Å²) < 4.78 is 12.4. The van der Waals surface area contributed by atoms with Crippen LogP contribution in [0.3, 0.4) is 0 Å². The normalized spacial score (nSPS) is 29.9. The van der Waals surface area contributed by atoms with Crippen molar-refractivity contribution in [3.63, 3.8) is 0 Å². The van der Waals surface area contributed by atoms with Crippen LogP contribution in [0, 0.1) is 0 Å². The van der Waals surface area contributed by atoms with Crippen LogP contribution >= 0.6 is 0 Å². The molecule has 1 heterocycles. The number of carbonyl (C=O) groups is 1. The first-order valence-electron chi connectivity index (χ1n) is 3.18. The molecule has 0 spiro atoms. The number of rotatable bonds is 0. The predicted molar refractivity (Wildman–Crippen MR) is 32.0 cm³/mol. The molecule has 0 amide bonds. The van der Waals surface area contributed by atoms with Crippen molar-refractivity contribution in [1.29, 1.82) is 0 Å². The summed E-state index contributed by atoms with van der Waals surface area (Å²) in [5, 5.41) is 2.84. The summed E-state index contributed by atoms with van der Waals surface area (Å²) in [6, 6.07) is 0. The molecule has 52 valence electrons. The van der Waals surface area contributed by atoms with E-state index in [4.69, 9.17) is 0 Å². The average Bonchev–Trinajstić information content (AvgIpc) is 1.99. The molecule has 1 aliphatic rings. The molecule has 1 fully saturated rings. The minimum absolute atomic E-state index is 0.209. The number of ketones is 1. The maximum absolute atomic E-state index is 12.4. The van der Waals surface area contributed by atoms with E-state index >= 15 is 0 Å². The van der Waals surface area contributed by atoms with Crippen LogP contribution < -0.4 is 5.32 Å². The summed E-state index contributed by atoms with van der Waals surface area (Å²) in [6.45, 7) is 0.979. The van der Waals surface area contributed by atoms with E-state index in [2.05, 4.69) is 5.32 Å². The van der Waals surface area contributed by atoms with E-state index in [0.717, 1.165) is 13.0 Å². The monoisotopic (exact) mass is 131 g/mol. The lowest BCUT2D eigenvalue weighted by Crippen LogP contribution is -2.25. The largest absolute Gasteiger partial charge is 0.310 e. The zero-order valence-corrected chi connectivity index (χ0v) is 5.19. The van der Waals surface area contributed by atoms with Crippen LogP contribution in [-0.4, -0.2) is 25.0 Å². The van der Waals surface area contributed by atoms with E-state index in [1.54, 1.807) is 0 Å². The molecule has 0 aromatic heterocycles. The van der Waals surface area contributed by atoms with Crippen molar-refractivity contribution in [2.24, 2.45) is 0 Å². The van der Waals surface area contributed by atoms with Crippen LogP contribution in [0.4, 0.5) is 4.39 Å². The second-order valence-electron chi connectivity index (χ2n) is 2.25. The molecule has 3 heteroatoms. The Morgan fingerprint density at radius 1 is 1.67 bits per heavy atom. The fraction of sp³-hybridized carbons (Fsp3) is 0.833. The Hall–Kier alpha value is -0.440. The second-order valence-corrected chi connectivity index (χ2v) is 2.25. The molecule has 1 N–H and O–H groups in total. The SMILES string of the molecule is O=C1CNCCC[C@H]1F. The van der Waals surface area contributed by atoms with Gasteiger partial charge >= 0.3 is 0 Å². The van der Waals surface area contributed by atoms with E-state index in [0.29, 0.717) is 6.42 Å². The average molecular weight is 131 g/mol. The molecule has 1 rings (SSSR count). The van der Waals surface area contributed by atoms with Crippen molar-refractivity contribution in [3.8, 4) is 0 Å². The van der Waals surface area contributed by atoms with Gasteiger partial charge in [-0.05, 0) is 19.4 Å². The molecule has 0 radical (unpaired) electrons. The number of hydrogen-bond acceptors (Lipinski definition) is 2. The van der Waals surface area contributed by atoms with Gasteiger partial charge in [-0.3, -0.25) is 4.79 Å². The summed E-state index contributed by atoms with van der Waals surface area (Å²) in [6.07, 6.45) is -0.0429. The van der Waals surface area contributed by atoms with E-state index in [-0.39, 0.29) is 12.3 Å². The smallest absolute Gasteiger partial charge is 0.180 e. The first kappa shape index (κ1) is 6.68. The minimum atomic E-state index is -1.21. The van der Waals surface area contributed by atoms with Gasteiger partial charge in [0, 0.05) is 0 Å². The predicted octanol–water partition coefficient (Wildman–Crippen LogP) is 0.277. The number of alkyl halides is 1. The highest BCUT2D eigenvalue weighted by atomic mass is 19.1. The van der Waals surface area contributed by atoms with Crippen molar-refractivity contribution < 1.29 is 9.18 Å².